The summed E-state index contributed by atoms with van der Waals surface area (Å²) in [6.07, 6.45) is 0. The van der Waals surface area contributed by atoms with Gasteiger partial charge in [-0.25, -0.2) is 0 Å². The van der Waals surface area contributed by atoms with Gasteiger partial charge in [-0.2, -0.15) is 0 Å². The monoisotopic (exact) mass is 134 g/mol. The van der Waals surface area contributed by atoms with Crippen molar-refractivity contribution in [2.75, 3.05) is 0 Å². The standard InChI is InChI=1S/Ca.FH.K.Li.Na.5H/h;1H;;;;;;;;/q+2;;3*+1;5*-1. The molecule has 0 saturated carbocycles. The van der Waals surface area contributed by atoms with Gasteiger partial charge >= 0.3 is 138 Å². The van der Waals surface area contributed by atoms with Gasteiger partial charge in [0, 0.05) is 0 Å². The summed E-state index contributed by atoms with van der Waals surface area (Å²) in [6.45, 7) is 0. The molecule has 0 amide bonds. The molecule has 0 spiro atoms. The zero-order valence-electron chi connectivity index (χ0n) is 9.12. The Labute approximate surface area is 145 Å². The smallest absolute Gasteiger partial charge is 1.00 e. The van der Waals surface area contributed by atoms with E-state index in [0.717, 1.165) is 0 Å². The van der Waals surface area contributed by atoms with Gasteiger partial charge in [-0.15, -0.1) is 0 Å². The van der Waals surface area contributed by atoms with E-state index in [1.807, 2.05) is 0 Å². The molecule has 0 aromatic carbocycles. The Balaban J connectivity index is 0. The molecular weight excluding hydrogens is 128 g/mol. The van der Waals surface area contributed by atoms with Gasteiger partial charge in [0.25, 0.3) is 0 Å². The molecule has 0 aliphatic carbocycles. The predicted molar refractivity (Wildman–Crippen MR) is 13.8 cm³/mol. The minimum Gasteiger partial charge on any atom is -1.00 e. The first-order valence-corrected chi connectivity index (χ1v) is 0. The van der Waals surface area contributed by atoms with E-state index in [0.29, 0.717) is 0 Å². The largest absolute Gasteiger partial charge is 2.00 e. The molecule has 0 aromatic heterocycles. The van der Waals surface area contributed by atoms with Crippen LogP contribution in [0.15, 0.2) is 0 Å². The number of halogens is 1. The Hall–Kier alpha value is 4.42. The Morgan fingerprint density at radius 3 is 1.20 bits per heavy atom. The van der Waals surface area contributed by atoms with Gasteiger partial charge < -0.3 is 7.13 Å². The van der Waals surface area contributed by atoms with Crippen molar-refractivity contribution in [3.8, 4) is 0 Å². The van der Waals surface area contributed by atoms with E-state index in [4.69, 9.17) is 0 Å². The van der Waals surface area contributed by atoms with E-state index < -0.39 is 0 Å². The van der Waals surface area contributed by atoms with E-state index in [1.54, 1.807) is 0 Å². The molecule has 0 N–H and O–H groups in total. The van der Waals surface area contributed by atoms with Crippen LogP contribution < -0.4 is 99.8 Å². The molecule has 5 heavy (non-hydrogen) atoms. The molecule has 0 rings (SSSR count). The summed E-state index contributed by atoms with van der Waals surface area (Å²) in [6, 6.07) is 0. The van der Waals surface area contributed by atoms with Crippen molar-refractivity contribution in [1.29, 1.82) is 0 Å². The summed E-state index contributed by atoms with van der Waals surface area (Å²) >= 11 is 0. The van der Waals surface area contributed by atoms with E-state index in [1.165, 1.54) is 0 Å². The van der Waals surface area contributed by atoms with E-state index >= 15 is 0 Å². The van der Waals surface area contributed by atoms with Gasteiger partial charge in [0.2, 0.25) is 0 Å². The molecule has 0 fully saturated rings. The second-order valence-corrected chi connectivity index (χ2v) is 0. The topological polar surface area (TPSA) is 0 Å². The summed E-state index contributed by atoms with van der Waals surface area (Å²) in [4.78, 5) is 0. The Morgan fingerprint density at radius 2 is 1.20 bits per heavy atom. The average Bonchev–Trinajstić information content (AvgIpc) is 0. The molecule has 0 aromatic rings. The second kappa shape index (κ2) is 23.7. The van der Waals surface area contributed by atoms with Gasteiger partial charge in [0.1, 0.15) is 0 Å². The second-order valence-electron chi connectivity index (χ2n) is 0. The van der Waals surface area contributed by atoms with E-state index in [9.17, 15) is 0 Å². The molecular formula is H6CaFKLiNa. The van der Waals surface area contributed by atoms with Crippen LogP contribution in [0.25, 0.3) is 0 Å². The Kier molecular flexibility index (Phi) is 162. The maximum Gasteiger partial charge on any atom is 2.00 e. The summed E-state index contributed by atoms with van der Waals surface area (Å²) in [7, 11) is 0. The molecule has 0 atom stereocenters. The van der Waals surface area contributed by atoms with Crippen molar-refractivity contribution in [3.63, 3.8) is 0 Å². The molecule has 5 heteroatoms. The average molecular weight is 134 g/mol. The van der Waals surface area contributed by atoms with Crippen LogP contribution in [0.1, 0.15) is 7.13 Å². The van der Waals surface area contributed by atoms with Gasteiger partial charge in [-0.05, 0) is 0 Å². The molecule has 0 unspecified atom stereocenters. The normalized spacial score (nSPS) is 0. The van der Waals surface area contributed by atoms with E-state index in [2.05, 4.69) is 0 Å². The third-order valence-electron chi connectivity index (χ3n) is 0. The van der Waals surface area contributed by atoms with Crippen molar-refractivity contribution in [1.82, 2.24) is 0 Å². The molecule has 0 aliphatic heterocycles. The minimum absolute atomic E-state index is 0. The molecule has 0 nitrogen and oxygen atoms in total. The summed E-state index contributed by atoms with van der Waals surface area (Å²) in [5.41, 5.74) is 0. The zero-order chi connectivity index (χ0) is 0. The van der Waals surface area contributed by atoms with Crippen LogP contribution in [0.5, 0.6) is 0 Å². The number of rotatable bonds is 0. The van der Waals surface area contributed by atoms with Crippen LogP contribution in [0, 0.1) is 0 Å². The van der Waals surface area contributed by atoms with Crippen molar-refractivity contribution in [3.05, 3.63) is 0 Å². The fourth-order valence-corrected chi connectivity index (χ4v) is 0. The summed E-state index contributed by atoms with van der Waals surface area (Å²) in [5, 5.41) is 0. The van der Waals surface area contributed by atoms with E-state index in [-0.39, 0.29) is 149 Å². The van der Waals surface area contributed by atoms with Crippen LogP contribution in [-0.2, 0) is 0 Å². The molecule has 0 aliphatic rings. The zero-order valence-corrected chi connectivity index (χ0v) is 11.4. The molecule has 0 bridgehead atoms. The first-order chi connectivity index (χ1) is 0. The Bertz CT molecular complexity index is 21.6. The van der Waals surface area contributed by atoms with Crippen molar-refractivity contribution < 1.29 is 112 Å². The molecule has 0 saturated heterocycles. The van der Waals surface area contributed by atoms with Crippen LogP contribution in [-0.4, -0.2) is 37.7 Å². The SMILES string of the molecule is F.[Ca+2].[H-].[H-].[H-].[H-].[H-].[K+].[Li+].[Na+]. The Morgan fingerprint density at radius 1 is 1.20 bits per heavy atom. The third-order valence-corrected chi connectivity index (χ3v) is 0. The minimum atomic E-state index is 0. The maximum atomic E-state index is 0. The summed E-state index contributed by atoms with van der Waals surface area (Å²) < 4.78 is 0. The molecule has 18 valence electrons. The van der Waals surface area contributed by atoms with Gasteiger partial charge in [-0.1, -0.05) is 0 Å². The molecule has 0 radical (unpaired) electrons. The van der Waals surface area contributed by atoms with Crippen molar-refractivity contribution in [2.45, 2.75) is 0 Å². The fraction of sp³-hybridized carbons (Fsp3) is 0. The quantitative estimate of drug-likeness (QED) is 0.289. The number of hydrogen-bond acceptors (Lipinski definition) is 0. The van der Waals surface area contributed by atoms with Crippen molar-refractivity contribution in [2.24, 2.45) is 0 Å². The van der Waals surface area contributed by atoms with Gasteiger partial charge in [0.15, 0.2) is 0 Å². The fourth-order valence-electron chi connectivity index (χ4n) is 0. The van der Waals surface area contributed by atoms with Crippen LogP contribution >= 0.6 is 0 Å². The van der Waals surface area contributed by atoms with Gasteiger partial charge in [-0.3, -0.25) is 4.70 Å². The predicted octanol–water partition coefficient (Wildman–Crippen LogP) is -8.65. The maximum absolute atomic E-state index is 0. The van der Waals surface area contributed by atoms with Crippen LogP contribution in [0.4, 0.5) is 4.70 Å². The van der Waals surface area contributed by atoms with Crippen molar-refractivity contribution >= 4 is 37.7 Å². The third kappa shape index (κ3) is 17.8. The first-order valence-electron chi connectivity index (χ1n) is 0. The first kappa shape index (κ1) is 34.2. The summed E-state index contributed by atoms with van der Waals surface area (Å²) in [5.74, 6) is 0. The molecule has 0 heterocycles. The van der Waals surface area contributed by atoms with Crippen LogP contribution in [0.3, 0.4) is 0 Å². The van der Waals surface area contributed by atoms with Gasteiger partial charge in [0.05, 0.1) is 0 Å². The van der Waals surface area contributed by atoms with Crippen LogP contribution in [0.2, 0.25) is 0 Å². The number of hydrogen-bond donors (Lipinski definition) is 0.